The lowest BCUT2D eigenvalue weighted by atomic mass is 10.1. The number of benzene rings is 3. The van der Waals surface area contributed by atoms with Crippen LogP contribution in [0.15, 0.2) is 71.6 Å². The number of aryl methyl sites for hydroxylation is 3. The molecular weight excluding hydrogens is 443 g/mol. The number of ether oxygens (including phenoxy) is 1. The zero-order valence-electron chi connectivity index (χ0n) is 18.8. The normalized spacial score (nSPS) is 11.2. The number of carbonyl (C=O) groups is 1. The molecule has 3 rings (SSSR count). The van der Waals surface area contributed by atoms with Gasteiger partial charge in [0.2, 0.25) is 5.91 Å². The molecule has 0 bridgehead atoms. The molecule has 3 aromatic carbocycles. The standard InChI is InChI=1S/C25H27FN2O4S/c1-18-8-12-22(13-9-18)33(30,31)28(24-7-5-4-6-23(24)26)17-25(29)27-14-15-32-21-11-10-19(2)20(3)16-21/h4-13,16H,14-15,17H2,1-3H3,(H,27,29). The van der Waals surface area contributed by atoms with Gasteiger partial charge in [0.1, 0.15) is 24.7 Å². The van der Waals surface area contributed by atoms with Crippen LogP contribution in [0.3, 0.4) is 0 Å². The van der Waals surface area contributed by atoms with Crippen molar-refractivity contribution >= 4 is 21.6 Å². The lowest BCUT2D eigenvalue weighted by molar-refractivity contribution is -0.119. The van der Waals surface area contributed by atoms with Crippen molar-refractivity contribution in [3.63, 3.8) is 0 Å². The third-order valence-corrected chi connectivity index (χ3v) is 6.96. The highest BCUT2D eigenvalue weighted by Crippen LogP contribution is 2.26. The van der Waals surface area contributed by atoms with Gasteiger partial charge in [-0.25, -0.2) is 12.8 Å². The number of nitrogens with zero attached hydrogens (tertiary/aromatic N) is 1. The summed E-state index contributed by atoms with van der Waals surface area (Å²) in [6.07, 6.45) is 0. The number of anilines is 1. The van der Waals surface area contributed by atoms with Gasteiger partial charge >= 0.3 is 0 Å². The molecule has 3 aromatic rings. The Morgan fingerprint density at radius 1 is 0.970 bits per heavy atom. The average molecular weight is 471 g/mol. The Bertz CT molecular complexity index is 1230. The Morgan fingerprint density at radius 2 is 1.67 bits per heavy atom. The Hall–Kier alpha value is -3.39. The van der Waals surface area contributed by atoms with E-state index in [9.17, 15) is 17.6 Å². The van der Waals surface area contributed by atoms with Crippen LogP contribution >= 0.6 is 0 Å². The van der Waals surface area contributed by atoms with Gasteiger partial charge < -0.3 is 10.1 Å². The zero-order chi connectivity index (χ0) is 24.0. The van der Waals surface area contributed by atoms with Gasteiger partial charge in [0, 0.05) is 0 Å². The molecule has 0 aliphatic carbocycles. The molecule has 0 saturated heterocycles. The number of amides is 1. The van der Waals surface area contributed by atoms with Crippen molar-refractivity contribution in [2.24, 2.45) is 0 Å². The third kappa shape index (κ3) is 6.10. The van der Waals surface area contributed by atoms with Crippen molar-refractivity contribution in [2.45, 2.75) is 25.7 Å². The molecule has 0 aliphatic heterocycles. The van der Waals surface area contributed by atoms with Gasteiger partial charge in [-0.2, -0.15) is 0 Å². The Balaban J connectivity index is 1.71. The number of hydrogen-bond donors (Lipinski definition) is 1. The minimum absolute atomic E-state index is 0.0257. The molecule has 6 nitrogen and oxygen atoms in total. The highest BCUT2D eigenvalue weighted by molar-refractivity contribution is 7.92. The summed E-state index contributed by atoms with van der Waals surface area (Å²) in [6, 6.07) is 17.3. The third-order valence-electron chi connectivity index (χ3n) is 5.19. The quantitative estimate of drug-likeness (QED) is 0.477. The summed E-state index contributed by atoms with van der Waals surface area (Å²) in [7, 11) is -4.17. The van der Waals surface area contributed by atoms with Crippen molar-refractivity contribution in [3.8, 4) is 5.75 Å². The molecule has 1 N–H and O–H groups in total. The van der Waals surface area contributed by atoms with E-state index in [0.717, 1.165) is 27.1 Å². The maximum atomic E-state index is 14.5. The van der Waals surface area contributed by atoms with Gasteiger partial charge in [-0.1, -0.05) is 35.9 Å². The lowest BCUT2D eigenvalue weighted by Gasteiger charge is -2.24. The number of sulfonamides is 1. The summed E-state index contributed by atoms with van der Waals surface area (Å²) in [5.41, 5.74) is 2.93. The Labute approximate surface area is 194 Å². The second-order valence-electron chi connectivity index (χ2n) is 7.72. The Morgan fingerprint density at radius 3 is 2.33 bits per heavy atom. The first-order valence-electron chi connectivity index (χ1n) is 10.5. The van der Waals surface area contributed by atoms with E-state index in [4.69, 9.17) is 4.74 Å². The van der Waals surface area contributed by atoms with E-state index >= 15 is 0 Å². The van der Waals surface area contributed by atoms with Crippen LogP contribution in [0.1, 0.15) is 16.7 Å². The lowest BCUT2D eigenvalue weighted by Crippen LogP contribution is -2.42. The van der Waals surface area contributed by atoms with Crippen molar-refractivity contribution < 1.29 is 22.3 Å². The molecule has 33 heavy (non-hydrogen) atoms. The van der Waals surface area contributed by atoms with Crippen LogP contribution in [0, 0.1) is 26.6 Å². The number of rotatable bonds is 9. The fraction of sp³-hybridized carbons (Fsp3) is 0.240. The molecule has 174 valence electrons. The number of hydrogen-bond acceptors (Lipinski definition) is 4. The molecule has 8 heteroatoms. The monoisotopic (exact) mass is 470 g/mol. The van der Waals surface area contributed by atoms with Crippen LogP contribution in [0.25, 0.3) is 0 Å². The summed E-state index contributed by atoms with van der Waals surface area (Å²) < 4.78 is 47.4. The van der Waals surface area contributed by atoms with Gasteiger partial charge in [-0.3, -0.25) is 9.10 Å². The van der Waals surface area contributed by atoms with Crippen molar-refractivity contribution in [1.82, 2.24) is 5.32 Å². The molecule has 0 heterocycles. The SMILES string of the molecule is Cc1ccc(S(=O)(=O)N(CC(=O)NCCOc2ccc(C)c(C)c2)c2ccccc2F)cc1. The van der Waals surface area contributed by atoms with E-state index in [1.54, 1.807) is 12.1 Å². The number of carbonyl (C=O) groups excluding carboxylic acids is 1. The van der Waals surface area contributed by atoms with Gasteiger partial charge in [-0.15, -0.1) is 0 Å². The molecule has 0 spiro atoms. The summed E-state index contributed by atoms with van der Waals surface area (Å²) in [4.78, 5) is 12.6. The van der Waals surface area contributed by atoms with Gasteiger partial charge in [-0.05, 0) is 68.3 Å². The number of nitrogens with one attached hydrogen (secondary N) is 1. The molecule has 0 radical (unpaired) electrons. The van der Waals surface area contributed by atoms with E-state index in [-0.39, 0.29) is 23.7 Å². The smallest absolute Gasteiger partial charge is 0.264 e. The van der Waals surface area contributed by atoms with E-state index in [1.807, 2.05) is 39.0 Å². The Kier molecular flexibility index (Phi) is 7.71. The molecule has 1 amide bonds. The van der Waals surface area contributed by atoms with Crippen molar-refractivity contribution in [2.75, 3.05) is 24.0 Å². The minimum Gasteiger partial charge on any atom is -0.492 e. The molecule has 0 atom stereocenters. The van der Waals surface area contributed by atoms with E-state index < -0.39 is 28.3 Å². The predicted molar refractivity (Wildman–Crippen MR) is 127 cm³/mol. The highest BCUT2D eigenvalue weighted by atomic mass is 32.2. The van der Waals surface area contributed by atoms with Crippen LogP contribution in [0.2, 0.25) is 0 Å². The van der Waals surface area contributed by atoms with Crippen LogP contribution in [0.4, 0.5) is 10.1 Å². The van der Waals surface area contributed by atoms with Crippen LogP contribution in [-0.4, -0.2) is 34.0 Å². The fourth-order valence-electron chi connectivity index (χ4n) is 3.14. The molecule has 0 unspecified atom stereocenters. The average Bonchev–Trinajstić information content (AvgIpc) is 2.78. The first-order valence-corrected chi connectivity index (χ1v) is 11.9. The van der Waals surface area contributed by atoms with E-state index in [0.29, 0.717) is 5.75 Å². The molecular formula is C25H27FN2O4S. The second kappa shape index (κ2) is 10.5. The van der Waals surface area contributed by atoms with E-state index in [2.05, 4.69) is 5.32 Å². The summed E-state index contributed by atoms with van der Waals surface area (Å²) in [5, 5.41) is 2.64. The minimum atomic E-state index is -4.17. The van der Waals surface area contributed by atoms with Crippen LogP contribution in [0.5, 0.6) is 5.75 Å². The second-order valence-corrected chi connectivity index (χ2v) is 9.58. The molecule has 0 saturated carbocycles. The molecule has 0 aromatic heterocycles. The zero-order valence-corrected chi connectivity index (χ0v) is 19.7. The van der Waals surface area contributed by atoms with Crippen molar-refractivity contribution in [3.05, 3.63) is 89.2 Å². The fourth-order valence-corrected chi connectivity index (χ4v) is 4.57. The summed E-state index contributed by atoms with van der Waals surface area (Å²) in [5.74, 6) is -0.626. The number of para-hydroxylation sites is 1. The maximum absolute atomic E-state index is 14.5. The van der Waals surface area contributed by atoms with Crippen LogP contribution in [-0.2, 0) is 14.8 Å². The van der Waals surface area contributed by atoms with Gasteiger partial charge in [0.15, 0.2) is 0 Å². The number of halogens is 1. The largest absolute Gasteiger partial charge is 0.492 e. The van der Waals surface area contributed by atoms with Crippen LogP contribution < -0.4 is 14.4 Å². The highest BCUT2D eigenvalue weighted by Gasteiger charge is 2.29. The molecule has 0 fully saturated rings. The topological polar surface area (TPSA) is 75.7 Å². The summed E-state index contributed by atoms with van der Waals surface area (Å²) in [6.45, 7) is 5.63. The van der Waals surface area contributed by atoms with E-state index in [1.165, 1.54) is 30.3 Å². The summed E-state index contributed by atoms with van der Waals surface area (Å²) >= 11 is 0. The first-order chi connectivity index (χ1) is 15.7. The van der Waals surface area contributed by atoms with Gasteiger partial charge in [0.25, 0.3) is 10.0 Å². The predicted octanol–water partition coefficient (Wildman–Crippen LogP) is 4.14. The van der Waals surface area contributed by atoms with Crippen molar-refractivity contribution in [1.29, 1.82) is 0 Å². The maximum Gasteiger partial charge on any atom is 0.264 e. The molecule has 0 aliphatic rings. The van der Waals surface area contributed by atoms with Gasteiger partial charge in [0.05, 0.1) is 17.1 Å². The first kappa shape index (κ1) is 24.3.